The van der Waals surface area contributed by atoms with E-state index in [1.54, 1.807) is 71.0 Å². The number of aliphatic hydroxyl groups excluding tert-OH is 2. The Kier molecular flexibility index (Phi) is 19.4. The minimum atomic E-state index is -1.50. The third-order valence-electron chi connectivity index (χ3n) is 10.9. The van der Waals surface area contributed by atoms with Crippen LogP contribution < -0.4 is 0 Å². The number of likely N-dealkylation sites (N-methyl/N-ethyl adjacent to an activating group) is 1. The Morgan fingerprint density at radius 2 is 1.71 bits per heavy atom. The summed E-state index contributed by atoms with van der Waals surface area (Å²) >= 11 is 0. The monoisotopic (exact) mass is 827 g/mol. The number of cyclic esters (lactones) is 1. The molecule has 0 unspecified atom stereocenters. The zero-order chi connectivity index (χ0) is 43.5. The highest BCUT2D eigenvalue weighted by atomic mass is 16.7. The van der Waals surface area contributed by atoms with Crippen LogP contribution in [0.15, 0.2) is 24.3 Å². The van der Waals surface area contributed by atoms with E-state index in [1.807, 2.05) is 20.8 Å². The van der Waals surface area contributed by atoms with Gasteiger partial charge < -0.3 is 62.9 Å². The number of hydrogen-bond acceptors (Lipinski definition) is 16. The van der Waals surface area contributed by atoms with Crippen molar-refractivity contribution in [3.05, 3.63) is 24.3 Å². The normalized spacial score (nSPS) is 40.7. The molecule has 58 heavy (non-hydrogen) atoms. The minimum Gasteiger partial charge on any atom is -0.462 e. The van der Waals surface area contributed by atoms with Gasteiger partial charge in [0.15, 0.2) is 18.7 Å². The molecule has 0 aromatic carbocycles. The fourth-order valence-electron chi connectivity index (χ4n) is 8.08. The van der Waals surface area contributed by atoms with Gasteiger partial charge in [-0.1, -0.05) is 45.1 Å². The summed E-state index contributed by atoms with van der Waals surface area (Å²) in [6.45, 7) is 13.5. The smallest absolute Gasteiger partial charge is 0.309 e. The summed E-state index contributed by atoms with van der Waals surface area (Å²) in [6, 6.07) is -0.782. The maximum atomic E-state index is 13.2. The Labute approximate surface area is 343 Å². The van der Waals surface area contributed by atoms with Gasteiger partial charge in [0, 0.05) is 39.7 Å². The topological polar surface area (TPSA) is 206 Å². The maximum Gasteiger partial charge on any atom is 0.309 e. The summed E-state index contributed by atoms with van der Waals surface area (Å²) in [5.74, 6) is -2.82. The number of carbonyl (C=O) groups excluding carboxylic acids is 4. The second-order valence-corrected chi connectivity index (χ2v) is 17.0. The molecule has 16 heteroatoms. The van der Waals surface area contributed by atoms with Gasteiger partial charge in [-0.2, -0.15) is 0 Å². The number of methoxy groups -OCH3 is 1. The Balaban J connectivity index is 1.98. The number of aldehydes is 1. The molecule has 0 amide bonds. The first-order valence-corrected chi connectivity index (χ1v) is 20.4. The first-order chi connectivity index (χ1) is 27.2. The second kappa shape index (κ2) is 22.7. The first kappa shape index (κ1) is 49.6. The largest absolute Gasteiger partial charge is 0.462 e. The van der Waals surface area contributed by atoms with E-state index in [1.165, 1.54) is 14.0 Å². The van der Waals surface area contributed by atoms with E-state index < -0.39 is 121 Å². The molecule has 0 radical (unpaired) electrons. The number of rotatable bonds is 12. The van der Waals surface area contributed by atoms with Crippen LogP contribution in [0, 0.1) is 17.8 Å². The van der Waals surface area contributed by atoms with Crippen LogP contribution in [0.5, 0.6) is 0 Å². The molecule has 0 bridgehead atoms. The van der Waals surface area contributed by atoms with E-state index in [-0.39, 0.29) is 31.6 Å². The van der Waals surface area contributed by atoms with E-state index in [4.69, 9.17) is 37.9 Å². The van der Waals surface area contributed by atoms with Gasteiger partial charge in [-0.3, -0.25) is 14.4 Å². The van der Waals surface area contributed by atoms with E-state index in [0.717, 1.165) is 0 Å². The predicted molar refractivity (Wildman–Crippen MR) is 210 cm³/mol. The van der Waals surface area contributed by atoms with E-state index in [2.05, 4.69) is 0 Å². The Hall–Kier alpha value is -2.80. The molecule has 3 N–H and O–H groups in total. The highest BCUT2D eigenvalue weighted by molar-refractivity contribution is 5.72. The quantitative estimate of drug-likeness (QED) is 0.147. The van der Waals surface area contributed by atoms with Crippen LogP contribution in [0.4, 0.5) is 0 Å². The molecule has 332 valence electrons. The van der Waals surface area contributed by atoms with E-state index in [9.17, 15) is 34.5 Å². The van der Waals surface area contributed by atoms with Crippen LogP contribution in [0.2, 0.25) is 0 Å². The average molecular weight is 828 g/mol. The van der Waals surface area contributed by atoms with Gasteiger partial charge in [0.2, 0.25) is 0 Å². The average Bonchev–Trinajstić information content (AvgIpc) is 3.09. The molecular weight excluding hydrogens is 758 g/mol. The number of carbonyl (C=O) groups is 4. The van der Waals surface area contributed by atoms with Crippen LogP contribution in [0.25, 0.3) is 0 Å². The van der Waals surface area contributed by atoms with Crippen molar-refractivity contribution in [2.75, 3.05) is 21.2 Å². The van der Waals surface area contributed by atoms with Crippen LogP contribution in [0.3, 0.4) is 0 Å². The van der Waals surface area contributed by atoms with Crippen LogP contribution in [0.1, 0.15) is 93.9 Å². The van der Waals surface area contributed by atoms with Gasteiger partial charge in [0.1, 0.15) is 42.4 Å². The standard InChI is InChI=1S/C42H69NO15/c1-23(2)19-32(47)56-40-27(6)53-34(22-42(40,8)50)57-37-26(5)54-41(36(49)35(37)43(9)10)58-38-29(17-18-44)20-24(3)30(46)16-14-12-13-15-25(4)52-33(48)21-31(39(38)51-11)55-28(7)45/h12-14,16,18,23-27,29-31,34-41,46,49-50H,15,17,19-22H2,1-11H3/b13-12-,16-14-/t24-,25-,26-,27+,29+,30+,31-,34-,35-,36-,37+,38+,39-,40-,41+,42+/m1/s1. The molecular formula is C42H69NO15. The molecule has 2 fully saturated rings. The molecule has 0 saturated carbocycles. The van der Waals surface area contributed by atoms with Crippen LogP contribution in [-0.2, 0) is 57.1 Å². The fourth-order valence-corrected chi connectivity index (χ4v) is 8.08. The van der Waals surface area contributed by atoms with Gasteiger partial charge in [0.05, 0.1) is 36.9 Å². The van der Waals surface area contributed by atoms with Crippen LogP contribution >= 0.6 is 0 Å². The van der Waals surface area contributed by atoms with Crippen molar-refractivity contribution >= 4 is 24.2 Å². The van der Waals surface area contributed by atoms with Gasteiger partial charge in [0.25, 0.3) is 0 Å². The van der Waals surface area contributed by atoms with Gasteiger partial charge in [-0.05, 0) is 66.0 Å². The van der Waals surface area contributed by atoms with Crippen molar-refractivity contribution in [3.63, 3.8) is 0 Å². The number of aliphatic hydroxyl groups is 3. The van der Waals surface area contributed by atoms with E-state index >= 15 is 0 Å². The van der Waals surface area contributed by atoms with Gasteiger partial charge >= 0.3 is 17.9 Å². The lowest BCUT2D eigenvalue weighted by Gasteiger charge is -2.50. The summed E-state index contributed by atoms with van der Waals surface area (Å²) < 4.78 is 48.6. The summed E-state index contributed by atoms with van der Waals surface area (Å²) in [4.78, 5) is 52.3. The number of esters is 3. The third kappa shape index (κ3) is 14.2. The number of ether oxygens (including phenoxy) is 8. The fraction of sp³-hybridized carbons (Fsp3) is 0.810. The highest BCUT2D eigenvalue weighted by Gasteiger charge is 2.53. The van der Waals surface area contributed by atoms with Crippen molar-refractivity contribution in [2.24, 2.45) is 17.8 Å². The number of nitrogens with zero attached hydrogens (tertiary/aromatic N) is 1. The molecule has 3 aliphatic heterocycles. The Morgan fingerprint density at radius 3 is 2.29 bits per heavy atom. The molecule has 3 rings (SSSR count). The molecule has 2 saturated heterocycles. The molecule has 0 spiro atoms. The van der Waals surface area contributed by atoms with Gasteiger partial charge in [-0.15, -0.1) is 0 Å². The summed E-state index contributed by atoms with van der Waals surface area (Å²) in [5, 5.41) is 34.6. The Bertz CT molecular complexity index is 1390. The minimum absolute atomic E-state index is 0.0460. The zero-order valence-electron chi connectivity index (χ0n) is 36.1. The predicted octanol–water partition coefficient (Wildman–Crippen LogP) is 3.01. The van der Waals surface area contributed by atoms with Crippen molar-refractivity contribution < 1.29 is 72.4 Å². The number of hydrogen-bond donors (Lipinski definition) is 3. The van der Waals surface area contributed by atoms with Crippen molar-refractivity contribution in [1.82, 2.24) is 4.90 Å². The lowest BCUT2D eigenvalue weighted by atomic mass is 9.82. The molecule has 3 aliphatic rings. The first-order valence-electron chi connectivity index (χ1n) is 20.4. The van der Waals surface area contributed by atoms with Crippen LogP contribution in [-0.4, -0.2) is 151 Å². The molecule has 0 aliphatic carbocycles. The third-order valence-corrected chi connectivity index (χ3v) is 10.9. The summed E-state index contributed by atoms with van der Waals surface area (Å²) in [7, 11) is 4.86. The molecule has 16 atom stereocenters. The second-order valence-electron chi connectivity index (χ2n) is 17.0. The molecule has 0 aromatic rings. The highest BCUT2D eigenvalue weighted by Crippen LogP contribution is 2.38. The Morgan fingerprint density at radius 1 is 1.02 bits per heavy atom. The zero-order valence-corrected chi connectivity index (χ0v) is 36.1. The van der Waals surface area contributed by atoms with Gasteiger partial charge in [-0.25, -0.2) is 0 Å². The van der Waals surface area contributed by atoms with E-state index in [0.29, 0.717) is 12.7 Å². The molecule has 3 heterocycles. The lowest BCUT2D eigenvalue weighted by Crippen LogP contribution is -2.66. The SMILES string of the molecule is CO[C@H]1[C@@H](O[C@@H]2O[C@H](C)[C@H](O[C@@H]3C[C@](C)(O)[C@H](OC(=O)CC(C)C)[C@H](C)O3)[C@H](N(C)C)[C@H]2O)[C@@H](CC=O)C[C@@H](C)[C@@H](O)/C=C\C=C/C[C@@H](C)OC(=O)C[C@H]1OC(C)=O. The molecule has 0 aromatic heterocycles. The van der Waals surface area contributed by atoms with Crippen molar-refractivity contribution in [3.8, 4) is 0 Å². The summed E-state index contributed by atoms with van der Waals surface area (Å²) in [6.07, 6.45) is -4.11. The van der Waals surface area contributed by atoms with Crippen molar-refractivity contribution in [2.45, 2.75) is 179 Å². The summed E-state index contributed by atoms with van der Waals surface area (Å²) in [5.41, 5.74) is -1.50. The lowest BCUT2D eigenvalue weighted by molar-refractivity contribution is -0.344. The van der Waals surface area contributed by atoms with Crippen molar-refractivity contribution in [1.29, 1.82) is 0 Å². The molecule has 16 nitrogen and oxygen atoms in total. The number of allylic oxidation sites excluding steroid dienone is 2. The maximum absolute atomic E-state index is 13.2.